The molecular weight excluding hydrogens is 326 g/mol. The molecule has 134 valence electrons. The molecule has 3 rings (SSSR count). The highest BCUT2D eigenvalue weighted by atomic mass is 16.5. The summed E-state index contributed by atoms with van der Waals surface area (Å²) < 4.78 is 5.64. The molecule has 1 unspecified atom stereocenters. The van der Waals surface area contributed by atoms with Crippen molar-refractivity contribution in [1.82, 2.24) is 0 Å². The molecule has 5 nitrogen and oxygen atoms in total. The average molecular weight is 349 g/mol. The number of ether oxygens (including phenoxy) is 1. The number of anilines is 2. The van der Waals surface area contributed by atoms with Crippen molar-refractivity contribution >= 4 is 17.3 Å². The van der Waals surface area contributed by atoms with E-state index in [-0.39, 0.29) is 5.91 Å². The Morgan fingerprint density at radius 1 is 1.15 bits per heavy atom. The number of carbonyl (C=O) groups is 1. The van der Waals surface area contributed by atoms with Gasteiger partial charge in [-0.25, -0.2) is 0 Å². The van der Waals surface area contributed by atoms with Gasteiger partial charge in [-0.05, 0) is 68.7 Å². The van der Waals surface area contributed by atoms with Crippen molar-refractivity contribution in [1.29, 1.82) is 5.26 Å². The number of nitriles is 1. The fourth-order valence-electron chi connectivity index (χ4n) is 3.05. The largest absolute Gasteiger partial charge is 0.481 e. The molecular formula is C21H23N3O2. The molecule has 0 bridgehead atoms. The van der Waals surface area contributed by atoms with Crippen molar-refractivity contribution in [3.05, 3.63) is 54.1 Å². The van der Waals surface area contributed by atoms with Crippen LogP contribution in [0.25, 0.3) is 0 Å². The van der Waals surface area contributed by atoms with E-state index in [2.05, 4.69) is 16.3 Å². The molecule has 5 heteroatoms. The topological polar surface area (TPSA) is 65.4 Å². The van der Waals surface area contributed by atoms with E-state index in [1.54, 1.807) is 31.2 Å². The van der Waals surface area contributed by atoms with Crippen LogP contribution in [0.3, 0.4) is 0 Å². The van der Waals surface area contributed by atoms with E-state index < -0.39 is 6.10 Å². The summed E-state index contributed by atoms with van der Waals surface area (Å²) in [6.45, 7) is 3.88. The van der Waals surface area contributed by atoms with Crippen LogP contribution in [-0.4, -0.2) is 25.1 Å². The van der Waals surface area contributed by atoms with E-state index in [1.807, 2.05) is 24.3 Å². The van der Waals surface area contributed by atoms with Crippen molar-refractivity contribution in [3.8, 4) is 11.8 Å². The van der Waals surface area contributed by atoms with Gasteiger partial charge < -0.3 is 15.0 Å². The second-order valence-electron chi connectivity index (χ2n) is 6.48. The number of hydrogen-bond acceptors (Lipinski definition) is 4. The summed E-state index contributed by atoms with van der Waals surface area (Å²) in [5.41, 5.74) is 2.45. The van der Waals surface area contributed by atoms with Crippen molar-refractivity contribution in [2.75, 3.05) is 23.3 Å². The van der Waals surface area contributed by atoms with Gasteiger partial charge in [0, 0.05) is 24.5 Å². The molecule has 26 heavy (non-hydrogen) atoms. The Bertz CT molecular complexity index is 790. The monoisotopic (exact) mass is 349 g/mol. The minimum absolute atomic E-state index is 0.224. The zero-order valence-corrected chi connectivity index (χ0v) is 14.9. The number of carbonyl (C=O) groups excluding carboxylic acids is 1. The number of nitrogens with one attached hydrogen (secondary N) is 1. The Morgan fingerprint density at radius 3 is 2.58 bits per heavy atom. The third-order valence-electron chi connectivity index (χ3n) is 4.50. The predicted molar refractivity (Wildman–Crippen MR) is 102 cm³/mol. The van der Waals surface area contributed by atoms with Gasteiger partial charge in [-0.2, -0.15) is 5.26 Å². The van der Waals surface area contributed by atoms with Crippen LogP contribution in [0.4, 0.5) is 11.4 Å². The molecule has 1 aliphatic rings. The van der Waals surface area contributed by atoms with Crippen LogP contribution in [0, 0.1) is 11.3 Å². The van der Waals surface area contributed by atoms with Gasteiger partial charge in [-0.1, -0.05) is 6.07 Å². The predicted octanol–water partition coefficient (Wildman–Crippen LogP) is 3.95. The SMILES string of the molecule is CC(Oc1cccc(C#N)c1)C(=O)Nc1ccc(N2CCCCC2)cc1. The van der Waals surface area contributed by atoms with E-state index in [0.717, 1.165) is 18.8 Å². The summed E-state index contributed by atoms with van der Waals surface area (Å²) in [5, 5.41) is 11.8. The van der Waals surface area contributed by atoms with Crippen LogP contribution in [0.2, 0.25) is 0 Å². The fourth-order valence-corrected chi connectivity index (χ4v) is 3.05. The Hall–Kier alpha value is -3.00. The number of amides is 1. The highest BCUT2D eigenvalue weighted by Crippen LogP contribution is 2.22. The van der Waals surface area contributed by atoms with Crippen LogP contribution < -0.4 is 15.0 Å². The fraction of sp³-hybridized carbons (Fsp3) is 0.333. The number of nitrogens with zero attached hydrogens (tertiary/aromatic N) is 2. The van der Waals surface area contributed by atoms with Crippen LogP contribution in [0.5, 0.6) is 5.75 Å². The minimum atomic E-state index is -0.661. The van der Waals surface area contributed by atoms with Crippen LogP contribution in [0.15, 0.2) is 48.5 Å². The normalized spacial score (nSPS) is 15.0. The molecule has 2 aromatic carbocycles. The number of rotatable bonds is 5. The van der Waals surface area contributed by atoms with Gasteiger partial charge >= 0.3 is 0 Å². The number of hydrogen-bond donors (Lipinski definition) is 1. The van der Waals surface area contributed by atoms with Gasteiger partial charge in [0.2, 0.25) is 0 Å². The third kappa shape index (κ3) is 4.54. The maximum atomic E-state index is 12.3. The number of piperidine rings is 1. The van der Waals surface area contributed by atoms with Gasteiger partial charge in [-0.15, -0.1) is 0 Å². The Balaban J connectivity index is 1.57. The lowest BCUT2D eigenvalue weighted by atomic mass is 10.1. The lowest BCUT2D eigenvalue weighted by molar-refractivity contribution is -0.122. The molecule has 0 aliphatic carbocycles. The molecule has 1 aliphatic heterocycles. The van der Waals surface area contributed by atoms with E-state index >= 15 is 0 Å². The summed E-state index contributed by atoms with van der Waals surface area (Å²) in [6.07, 6.45) is 3.12. The van der Waals surface area contributed by atoms with Crippen LogP contribution in [0.1, 0.15) is 31.7 Å². The first kappa shape index (κ1) is 17.8. The molecule has 1 saturated heterocycles. The van der Waals surface area contributed by atoms with Gasteiger partial charge in [0.1, 0.15) is 5.75 Å². The van der Waals surface area contributed by atoms with Gasteiger partial charge in [-0.3, -0.25) is 4.79 Å². The van der Waals surface area contributed by atoms with Gasteiger partial charge in [0.15, 0.2) is 6.10 Å². The van der Waals surface area contributed by atoms with Crippen molar-refractivity contribution < 1.29 is 9.53 Å². The summed E-state index contributed by atoms with van der Waals surface area (Å²) in [7, 11) is 0. The summed E-state index contributed by atoms with van der Waals surface area (Å²) in [4.78, 5) is 14.7. The Labute approximate surface area is 154 Å². The maximum Gasteiger partial charge on any atom is 0.265 e. The molecule has 0 aromatic heterocycles. The molecule has 1 N–H and O–H groups in total. The van der Waals surface area contributed by atoms with E-state index in [1.165, 1.54) is 24.9 Å². The van der Waals surface area contributed by atoms with Crippen LogP contribution >= 0.6 is 0 Å². The smallest absolute Gasteiger partial charge is 0.265 e. The number of benzene rings is 2. The Morgan fingerprint density at radius 2 is 1.88 bits per heavy atom. The molecule has 0 radical (unpaired) electrons. The first-order valence-corrected chi connectivity index (χ1v) is 8.98. The van der Waals surface area contributed by atoms with E-state index in [0.29, 0.717) is 11.3 Å². The Kier molecular flexibility index (Phi) is 5.75. The van der Waals surface area contributed by atoms with E-state index in [4.69, 9.17) is 10.00 Å². The summed E-state index contributed by atoms with van der Waals surface area (Å²) in [6, 6.07) is 16.8. The molecule has 1 amide bonds. The van der Waals surface area contributed by atoms with Gasteiger partial charge in [0.25, 0.3) is 5.91 Å². The second kappa shape index (κ2) is 8.39. The minimum Gasteiger partial charge on any atom is -0.481 e. The summed E-state index contributed by atoms with van der Waals surface area (Å²) in [5.74, 6) is 0.283. The van der Waals surface area contributed by atoms with E-state index in [9.17, 15) is 4.79 Å². The van der Waals surface area contributed by atoms with Crippen molar-refractivity contribution in [2.45, 2.75) is 32.3 Å². The average Bonchev–Trinajstić information content (AvgIpc) is 2.69. The quantitative estimate of drug-likeness (QED) is 0.887. The van der Waals surface area contributed by atoms with Crippen LogP contribution in [-0.2, 0) is 4.79 Å². The van der Waals surface area contributed by atoms with Crippen molar-refractivity contribution in [3.63, 3.8) is 0 Å². The highest BCUT2D eigenvalue weighted by molar-refractivity contribution is 5.94. The molecule has 1 atom stereocenters. The van der Waals surface area contributed by atoms with Crippen molar-refractivity contribution in [2.24, 2.45) is 0 Å². The zero-order valence-electron chi connectivity index (χ0n) is 14.9. The molecule has 0 saturated carbocycles. The molecule has 0 spiro atoms. The summed E-state index contributed by atoms with van der Waals surface area (Å²) >= 11 is 0. The lowest BCUT2D eigenvalue weighted by Gasteiger charge is -2.28. The highest BCUT2D eigenvalue weighted by Gasteiger charge is 2.16. The first-order chi connectivity index (χ1) is 12.7. The second-order valence-corrected chi connectivity index (χ2v) is 6.48. The molecule has 1 fully saturated rings. The molecule has 1 heterocycles. The maximum absolute atomic E-state index is 12.3. The molecule has 2 aromatic rings. The standard InChI is InChI=1S/C21H23N3O2/c1-16(26-20-7-5-6-17(14-20)15-22)21(25)23-18-8-10-19(11-9-18)24-12-3-2-4-13-24/h5-11,14,16H,2-4,12-13H2,1H3,(H,23,25). The third-order valence-corrected chi connectivity index (χ3v) is 4.50. The van der Waals surface area contributed by atoms with Gasteiger partial charge in [0.05, 0.1) is 11.6 Å². The first-order valence-electron chi connectivity index (χ1n) is 8.98. The lowest BCUT2D eigenvalue weighted by Crippen LogP contribution is -2.30. The zero-order chi connectivity index (χ0) is 18.4.